The van der Waals surface area contributed by atoms with Crippen molar-refractivity contribution in [2.45, 2.75) is 77.6 Å². The van der Waals surface area contributed by atoms with Gasteiger partial charge >= 0.3 is 0 Å². The molecule has 3 aliphatic rings. The van der Waals surface area contributed by atoms with Gasteiger partial charge in [0.1, 0.15) is 0 Å². The average Bonchev–Trinajstić information content (AvgIpc) is 2.97. The lowest BCUT2D eigenvalue weighted by Crippen LogP contribution is -2.40. The lowest BCUT2D eigenvalue weighted by atomic mass is 9.76. The minimum Gasteiger partial charge on any atom is -0.412 e. The van der Waals surface area contributed by atoms with E-state index in [9.17, 15) is 19.7 Å². The van der Waals surface area contributed by atoms with Gasteiger partial charge in [-0.15, -0.1) is 12.4 Å². The number of non-ortho nitro benzene ring substituents is 1. The summed E-state index contributed by atoms with van der Waals surface area (Å²) in [6.07, 6.45) is 12.6. The van der Waals surface area contributed by atoms with Crippen molar-refractivity contribution >= 4 is 30.9 Å². The smallest absolute Gasteiger partial charge is 0.269 e. The van der Waals surface area contributed by atoms with Gasteiger partial charge in [0.15, 0.2) is 0 Å². The quantitative estimate of drug-likeness (QED) is 0.206. The van der Waals surface area contributed by atoms with E-state index in [1.165, 1.54) is 57.1 Å². The summed E-state index contributed by atoms with van der Waals surface area (Å²) in [5, 5.41) is 17.5. The van der Waals surface area contributed by atoms with Crippen LogP contribution in [0.1, 0.15) is 83.1 Å². The van der Waals surface area contributed by atoms with Crippen LogP contribution in [0.25, 0.3) is 0 Å². The second kappa shape index (κ2) is 16.5. The second-order valence-corrected chi connectivity index (χ2v) is 11.2. The molecule has 2 amide bonds. The number of nitrogens with zero attached hydrogens (tertiary/aromatic N) is 3. The van der Waals surface area contributed by atoms with Crippen molar-refractivity contribution < 1.29 is 20.0 Å². The largest absolute Gasteiger partial charge is 0.412 e. The zero-order chi connectivity index (χ0) is 27.8. The molecule has 2 heterocycles. The molecule has 0 aromatic heterocycles. The Morgan fingerprint density at radius 2 is 1.71 bits per heavy atom. The van der Waals surface area contributed by atoms with Crippen molar-refractivity contribution in [2.24, 2.45) is 11.8 Å². The monoisotopic (exact) mass is 591 g/mol. The molecule has 10 nitrogen and oxygen atoms in total. The highest BCUT2D eigenvalue weighted by Gasteiger charge is 2.34. The van der Waals surface area contributed by atoms with Crippen molar-refractivity contribution in [3.05, 3.63) is 62.7 Å². The molecule has 0 bridgehead atoms. The Morgan fingerprint density at radius 1 is 1.07 bits per heavy atom. The van der Waals surface area contributed by atoms with E-state index in [4.69, 9.17) is 0 Å². The summed E-state index contributed by atoms with van der Waals surface area (Å²) in [4.78, 5) is 39.1. The molecule has 11 heteroatoms. The van der Waals surface area contributed by atoms with Gasteiger partial charge in [0.05, 0.1) is 22.2 Å². The number of nitro groups is 1. The first-order valence-electron chi connectivity index (χ1n) is 14.6. The number of hydrogen-bond donors (Lipinski definition) is 2. The van der Waals surface area contributed by atoms with Crippen molar-refractivity contribution in [1.29, 1.82) is 0 Å². The van der Waals surface area contributed by atoms with E-state index in [0.717, 1.165) is 67.0 Å². The molecule has 1 unspecified atom stereocenters. The third-order valence-electron chi connectivity index (χ3n) is 8.88. The maximum absolute atomic E-state index is 12.5. The SMILES string of the molecule is CCC1=C(N(C=O)CCCN2CCC(C3CCCCC3)CC2)C(c2ccc([N+](=O)[O-])cc2)C(NC=O)=C(C)N1.Cl.O. The van der Waals surface area contributed by atoms with E-state index in [1.807, 2.05) is 13.8 Å². The van der Waals surface area contributed by atoms with Crippen molar-refractivity contribution in [2.75, 3.05) is 26.2 Å². The predicted octanol–water partition coefficient (Wildman–Crippen LogP) is 4.62. The fourth-order valence-corrected chi connectivity index (χ4v) is 6.81. The molecule has 1 aromatic carbocycles. The van der Waals surface area contributed by atoms with Crippen molar-refractivity contribution in [1.82, 2.24) is 20.4 Å². The summed E-state index contributed by atoms with van der Waals surface area (Å²) in [5.74, 6) is 1.37. The lowest BCUT2D eigenvalue weighted by molar-refractivity contribution is -0.384. The number of benzene rings is 1. The Bertz CT molecular complexity index is 1080. The molecule has 4 rings (SSSR count). The van der Waals surface area contributed by atoms with Crippen LogP contribution in [0, 0.1) is 22.0 Å². The number of likely N-dealkylation sites (tertiary alicyclic amines) is 1. The molecule has 1 atom stereocenters. The van der Waals surface area contributed by atoms with Crippen LogP contribution in [0.5, 0.6) is 0 Å². The maximum atomic E-state index is 12.5. The molecule has 2 fully saturated rings. The maximum Gasteiger partial charge on any atom is 0.269 e. The van der Waals surface area contributed by atoms with Gasteiger partial charge in [-0.25, -0.2) is 0 Å². The molecule has 4 N–H and O–H groups in total. The Balaban J connectivity index is 0.00000294. The highest BCUT2D eigenvalue weighted by molar-refractivity contribution is 5.85. The second-order valence-electron chi connectivity index (χ2n) is 11.2. The summed E-state index contributed by atoms with van der Waals surface area (Å²) < 4.78 is 0. The Labute approximate surface area is 249 Å². The van der Waals surface area contributed by atoms with E-state index in [1.54, 1.807) is 17.0 Å². The first kappa shape index (κ1) is 34.3. The Hall–Kier alpha value is -2.95. The lowest BCUT2D eigenvalue weighted by Gasteiger charge is -2.39. The number of nitro benzene ring substituents is 1. The van der Waals surface area contributed by atoms with Crippen LogP contribution in [0.15, 0.2) is 47.1 Å². The van der Waals surface area contributed by atoms with Crippen LogP contribution in [0.3, 0.4) is 0 Å². The van der Waals surface area contributed by atoms with Crippen LogP contribution in [-0.2, 0) is 9.59 Å². The number of rotatable bonds is 12. The summed E-state index contributed by atoms with van der Waals surface area (Å²) in [7, 11) is 0. The molecule has 1 aromatic rings. The number of halogens is 1. The number of piperidine rings is 1. The van der Waals surface area contributed by atoms with Crippen LogP contribution in [-0.4, -0.2) is 59.2 Å². The first-order chi connectivity index (χ1) is 19.0. The number of carbonyl (C=O) groups is 2. The molecular formula is C30H46ClN5O5. The fraction of sp³-hybridized carbons (Fsp3) is 0.600. The van der Waals surface area contributed by atoms with E-state index in [0.29, 0.717) is 25.1 Å². The van der Waals surface area contributed by atoms with Gasteiger partial charge in [-0.1, -0.05) is 51.2 Å². The van der Waals surface area contributed by atoms with Gasteiger partial charge in [-0.3, -0.25) is 19.7 Å². The molecule has 1 saturated heterocycles. The average molecular weight is 592 g/mol. The van der Waals surface area contributed by atoms with E-state index in [2.05, 4.69) is 15.5 Å². The number of amides is 2. The van der Waals surface area contributed by atoms with Crippen molar-refractivity contribution in [3.63, 3.8) is 0 Å². The normalized spacial score (nSPS) is 20.4. The van der Waals surface area contributed by atoms with E-state index < -0.39 is 10.8 Å². The van der Waals surface area contributed by atoms with Gasteiger partial charge in [0, 0.05) is 30.1 Å². The van der Waals surface area contributed by atoms with Gasteiger partial charge in [-0.05, 0) is 69.6 Å². The van der Waals surface area contributed by atoms with Gasteiger partial charge in [0.25, 0.3) is 5.69 Å². The number of carbonyl (C=O) groups excluding carboxylic acids is 2. The Kier molecular flexibility index (Phi) is 13.8. The predicted molar refractivity (Wildman–Crippen MR) is 162 cm³/mol. The summed E-state index contributed by atoms with van der Waals surface area (Å²) >= 11 is 0. The fourth-order valence-electron chi connectivity index (χ4n) is 6.81. The zero-order valence-electron chi connectivity index (χ0n) is 24.3. The molecular weight excluding hydrogens is 546 g/mol. The van der Waals surface area contributed by atoms with E-state index in [-0.39, 0.29) is 23.6 Å². The van der Waals surface area contributed by atoms with Gasteiger partial charge in [-0.2, -0.15) is 0 Å². The van der Waals surface area contributed by atoms with Gasteiger partial charge < -0.3 is 25.9 Å². The van der Waals surface area contributed by atoms with Crippen LogP contribution >= 0.6 is 12.4 Å². The highest BCUT2D eigenvalue weighted by atomic mass is 35.5. The highest BCUT2D eigenvalue weighted by Crippen LogP contribution is 2.39. The van der Waals surface area contributed by atoms with Crippen molar-refractivity contribution in [3.8, 4) is 0 Å². The number of allylic oxidation sites excluding steroid dienone is 2. The van der Waals surface area contributed by atoms with Crippen LogP contribution in [0.2, 0.25) is 0 Å². The topological polar surface area (TPSA) is 139 Å². The summed E-state index contributed by atoms with van der Waals surface area (Å²) in [5.41, 5.74) is 3.91. The number of dihydropyridines is 1. The third kappa shape index (κ3) is 8.30. The Morgan fingerprint density at radius 3 is 2.27 bits per heavy atom. The number of hydrogen-bond acceptors (Lipinski definition) is 6. The molecule has 2 aliphatic heterocycles. The first-order valence-corrected chi connectivity index (χ1v) is 14.6. The van der Waals surface area contributed by atoms with Gasteiger partial charge in [0.2, 0.25) is 12.8 Å². The van der Waals surface area contributed by atoms with Crippen LogP contribution in [0.4, 0.5) is 5.69 Å². The summed E-state index contributed by atoms with van der Waals surface area (Å²) in [6, 6.07) is 6.36. The molecule has 228 valence electrons. The van der Waals surface area contributed by atoms with Crippen LogP contribution < -0.4 is 10.6 Å². The third-order valence-corrected chi connectivity index (χ3v) is 8.88. The molecule has 1 aliphatic carbocycles. The minimum atomic E-state index is -0.429. The molecule has 0 radical (unpaired) electrons. The minimum absolute atomic E-state index is 0. The molecule has 0 spiro atoms. The molecule has 41 heavy (non-hydrogen) atoms. The molecule has 1 saturated carbocycles. The van der Waals surface area contributed by atoms with E-state index >= 15 is 0 Å². The standard InChI is InChI=1S/C30H43N5O4.ClH.H2O/c1-3-27-30(28(29(31-20-36)22(2)32-27)25-10-12-26(13-11-25)35(38)39)34(21-37)17-7-16-33-18-14-24(15-19-33)23-8-5-4-6-9-23;;/h10-13,20-21,23-24,28,32H,3-9,14-19H2,1-2H3,(H,31,36);1H;1H2. The number of nitrogens with one attached hydrogen (secondary N) is 2. The summed E-state index contributed by atoms with van der Waals surface area (Å²) in [6.45, 7) is 7.68. The zero-order valence-corrected chi connectivity index (χ0v) is 25.1.